The van der Waals surface area contributed by atoms with Gasteiger partial charge in [0, 0.05) is 23.2 Å². The van der Waals surface area contributed by atoms with Gasteiger partial charge < -0.3 is 5.32 Å². The number of hydrogen-bond donors (Lipinski definition) is 1. The molecule has 6 heteroatoms. The van der Waals surface area contributed by atoms with Crippen molar-refractivity contribution in [2.45, 2.75) is 24.2 Å². The number of thiophene rings is 1. The maximum absolute atomic E-state index is 11.8. The fourth-order valence-corrected chi connectivity index (χ4v) is 3.27. The molecular formula is C15H17NO3S2. The number of benzene rings is 1. The Bertz CT molecular complexity index is 689. The third-order valence-electron chi connectivity index (χ3n) is 2.97. The average molecular weight is 323 g/mol. The van der Waals surface area contributed by atoms with Gasteiger partial charge in [-0.25, -0.2) is 8.42 Å². The van der Waals surface area contributed by atoms with E-state index in [9.17, 15) is 13.2 Å². The second kappa shape index (κ2) is 6.87. The molecule has 0 aliphatic rings. The van der Waals surface area contributed by atoms with Gasteiger partial charge >= 0.3 is 0 Å². The van der Waals surface area contributed by atoms with Crippen LogP contribution in [0.1, 0.15) is 17.7 Å². The number of carbonyl (C=O) groups excluding carboxylic acids is 1. The van der Waals surface area contributed by atoms with Gasteiger partial charge in [0.2, 0.25) is 5.91 Å². The summed E-state index contributed by atoms with van der Waals surface area (Å²) in [5.74, 6) is -0.0568. The fraction of sp³-hybridized carbons (Fsp3) is 0.267. The third-order valence-corrected chi connectivity index (χ3v) is 5.04. The van der Waals surface area contributed by atoms with E-state index in [4.69, 9.17) is 0 Å². The molecule has 0 fully saturated rings. The van der Waals surface area contributed by atoms with Crippen LogP contribution in [0.2, 0.25) is 0 Å². The predicted octanol–water partition coefficient (Wildman–Crippen LogP) is 3.11. The molecule has 0 radical (unpaired) electrons. The van der Waals surface area contributed by atoms with Crippen LogP contribution in [0.25, 0.3) is 0 Å². The Morgan fingerprint density at radius 3 is 2.48 bits per heavy atom. The first-order valence-corrected chi connectivity index (χ1v) is 9.34. The minimum absolute atomic E-state index is 0.0568. The summed E-state index contributed by atoms with van der Waals surface area (Å²) in [6, 6.07) is 10.3. The molecule has 0 aliphatic carbocycles. The zero-order valence-corrected chi connectivity index (χ0v) is 13.3. The number of sulfone groups is 1. The molecule has 0 unspecified atom stereocenters. The van der Waals surface area contributed by atoms with E-state index in [1.54, 1.807) is 23.5 Å². The molecule has 2 aromatic rings. The summed E-state index contributed by atoms with van der Waals surface area (Å²) in [4.78, 5) is 13.3. The first-order valence-electron chi connectivity index (χ1n) is 6.57. The van der Waals surface area contributed by atoms with Crippen LogP contribution < -0.4 is 5.32 Å². The van der Waals surface area contributed by atoms with E-state index >= 15 is 0 Å². The van der Waals surface area contributed by atoms with Gasteiger partial charge in [0.25, 0.3) is 0 Å². The third kappa shape index (κ3) is 4.99. The van der Waals surface area contributed by atoms with Crippen molar-refractivity contribution in [1.29, 1.82) is 0 Å². The molecule has 1 N–H and O–H groups in total. The second-order valence-corrected chi connectivity index (χ2v) is 7.83. The van der Waals surface area contributed by atoms with Gasteiger partial charge in [-0.15, -0.1) is 11.3 Å². The summed E-state index contributed by atoms with van der Waals surface area (Å²) in [7, 11) is -3.20. The number of hydrogen-bond acceptors (Lipinski definition) is 4. The number of rotatable bonds is 6. The number of anilines is 1. The molecule has 1 amide bonds. The standard InChI is InChI=1S/C15H17NO3S2/c1-21(18,19)14-9-7-12(8-10-14)16-15(17)6-2-4-13-5-3-11-20-13/h3,5,7-11H,2,4,6H2,1H3,(H,16,17). The summed E-state index contributed by atoms with van der Waals surface area (Å²) < 4.78 is 22.7. The Hall–Kier alpha value is -1.66. The van der Waals surface area contributed by atoms with Crippen molar-refractivity contribution in [1.82, 2.24) is 0 Å². The van der Waals surface area contributed by atoms with Crippen LogP contribution in [0.5, 0.6) is 0 Å². The maximum atomic E-state index is 11.8. The first-order chi connectivity index (χ1) is 9.95. The highest BCUT2D eigenvalue weighted by molar-refractivity contribution is 7.90. The SMILES string of the molecule is CS(=O)(=O)c1ccc(NC(=O)CCCc2cccs2)cc1. The molecule has 0 saturated heterocycles. The normalized spacial score (nSPS) is 11.3. The molecule has 1 aromatic carbocycles. The maximum Gasteiger partial charge on any atom is 0.224 e. The number of nitrogens with one attached hydrogen (secondary N) is 1. The summed E-state index contributed by atoms with van der Waals surface area (Å²) >= 11 is 1.69. The molecule has 0 atom stereocenters. The molecule has 112 valence electrons. The lowest BCUT2D eigenvalue weighted by Gasteiger charge is -2.06. The Kier molecular flexibility index (Phi) is 5.14. The molecular weight excluding hydrogens is 306 g/mol. The Balaban J connectivity index is 1.82. The van der Waals surface area contributed by atoms with Gasteiger partial charge in [0.15, 0.2) is 9.84 Å². The van der Waals surface area contributed by atoms with Crippen molar-refractivity contribution >= 4 is 32.8 Å². The number of aryl methyl sites for hydroxylation is 1. The van der Waals surface area contributed by atoms with E-state index in [1.165, 1.54) is 17.0 Å². The molecule has 21 heavy (non-hydrogen) atoms. The highest BCUT2D eigenvalue weighted by Gasteiger charge is 2.07. The van der Waals surface area contributed by atoms with Gasteiger partial charge in [-0.3, -0.25) is 4.79 Å². The van der Waals surface area contributed by atoms with Crippen LogP contribution in [0.4, 0.5) is 5.69 Å². The zero-order chi connectivity index (χ0) is 15.3. The van der Waals surface area contributed by atoms with Crippen LogP contribution in [0.3, 0.4) is 0 Å². The molecule has 0 bridgehead atoms. The molecule has 0 aliphatic heterocycles. The largest absolute Gasteiger partial charge is 0.326 e. The highest BCUT2D eigenvalue weighted by Crippen LogP contribution is 2.15. The lowest BCUT2D eigenvalue weighted by molar-refractivity contribution is -0.116. The van der Waals surface area contributed by atoms with E-state index in [2.05, 4.69) is 11.4 Å². The van der Waals surface area contributed by atoms with Crippen LogP contribution in [0, 0.1) is 0 Å². The zero-order valence-electron chi connectivity index (χ0n) is 11.7. The van der Waals surface area contributed by atoms with E-state index < -0.39 is 9.84 Å². The summed E-state index contributed by atoms with van der Waals surface area (Å²) in [5, 5.41) is 4.80. The quantitative estimate of drug-likeness (QED) is 0.888. The van der Waals surface area contributed by atoms with Gasteiger partial charge in [-0.2, -0.15) is 0 Å². The first kappa shape index (κ1) is 15.7. The minimum atomic E-state index is -3.20. The van der Waals surface area contributed by atoms with Crippen molar-refractivity contribution in [3.63, 3.8) is 0 Å². The number of carbonyl (C=O) groups is 1. The molecule has 1 heterocycles. The predicted molar refractivity (Wildman–Crippen MR) is 85.4 cm³/mol. The van der Waals surface area contributed by atoms with Gasteiger partial charge in [-0.05, 0) is 48.6 Å². The Morgan fingerprint density at radius 1 is 1.19 bits per heavy atom. The van der Waals surface area contributed by atoms with Gasteiger partial charge in [0.1, 0.15) is 0 Å². The monoisotopic (exact) mass is 323 g/mol. The summed E-state index contributed by atoms with van der Waals surface area (Å²) in [5.41, 5.74) is 0.614. The van der Waals surface area contributed by atoms with Crippen molar-refractivity contribution in [2.24, 2.45) is 0 Å². The van der Waals surface area contributed by atoms with Crippen LogP contribution >= 0.6 is 11.3 Å². The minimum Gasteiger partial charge on any atom is -0.326 e. The van der Waals surface area contributed by atoms with Crippen molar-refractivity contribution in [3.8, 4) is 0 Å². The highest BCUT2D eigenvalue weighted by atomic mass is 32.2. The Labute approximate surface area is 128 Å². The average Bonchev–Trinajstić information content (AvgIpc) is 2.91. The molecule has 0 spiro atoms. The van der Waals surface area contributed by atoms with E-state index in [0.717, 1.165) is 19.1 Å². The van der Waals surface area contributed by atoms with Crippen molar-refractivity contribution < 1.29 is 13.2 Å². The van der Waals surface area contributed by atoms with Crippen molar-refractivity contribution in [3.05, 3.63) is 46.7 Å². The van der Waals surface area contributed by atoms with E-state index in [0.29, 0.717) is 12.1 Å². The van der Waals surface area contributed by atoms with Crippen LogP contribution in [-0.2, 0) is 21.1 Å². The molecule has 0 saturated carbocycles. The topological polar surface area (TPSA) is 63.2 Å². The fourth-order valence-electron chi connectivity index (χ4n) is 1.89. The number of amides is 1. The van der Waals surface area contributed by atoms with E-state index in [1.807, 2.05) is 11.4 Å². The van der Waals surface area contributed by atoms with Crippen molar-refractivity contribution in [2.75, 3.05) is 11.6 Å². The van der Waals surface area contributed by atoms with Crippen LogP contribution in [-0.4, -0.2) is 20.6 Å². The summed E-state index contributed by atoms with van der Waals surface area (Å²) in [6.45, 7) is 0. The van der Waals surface area contributed by atoms with Gasteiger partial charge in [0.05, 0.1) is 4.90 Å². The smallest absolute Gasteiger partial charge is 0.224 e. The van der Waals surface area contributed by atoms with Crippen LogP contribution in [0.15, 0.2) is 46.7 Å². The lowest BCUT2D eigenvalue weighted by Crippen LogP contribution is -2.11. The molecule has 4 nitrogen and oxygen atoms in total. The summed E-state index contributed by atoms with van der Waals surface area (Å²) in [6.07, 6.45) is 3.31. The Morgan fingerprint density at radius 2 is 1.90 bits per heavy atom. The van der Waals surface area contributed by atoms with Gasteiger partial charge in [-0.1, -0.05) is 6.07 Å². The van der Waals surface area contributed by atoms with E-state index in [-0.39, 0.29) is 10.8 Å². The second-order valence-electron chi connectivity index (χ2n) is 4.78. The lowest BCUT2D eigenvalue weighted by atomic mass is 10.2. The molecule has 1 aromatic heterocycles. The molecule has 2 rings (SSSR count).